The second-order valence-electron chi connectivity index (χ2n) is 6.14. The van der Waals surface area contributed by atoms with Gasteiger partial charge in [0.25, 0.3) is 0 Å². The van der Waals surface area contributed by atoms with Gasteiger partial charge in [0.05, 0.1) is 24.4 Å². The van der Waals surface area contributed by atoms with Crippen molar-refractivity contribution in [1.29, 1.82) is 0 Å². The van der Waals surface area contributed by atoms with Gasteiger partial charge in [-0.05, 0) is 32.6 Å². The topological polar surface area (TPSA) is 70.4 Å². The fourth-order valence-corrected chi connectivity index (χ4v) is 3.55. The van der Waals surface area contributed by atoms with Gasteiger partial charge in [0, 0.05) is 31.3 Å². The van der Waals surface area contributed by atoms with Crippen LogP contribution in [0.15, 0.2) is 0 Å². The summed E-state index contributed by atoms with van der Waals surface area (Å²) in [6.07, 6.45) is 4.44. The van der Waals surface area contributed by atoms with E-state index in [-0.39, 0.29) is 12.1 Å². The van der Waals surface area contributed by atoms with Crippen LogP contribution in [0.3, 0.4) is 0 Å². The summed E-state index contributed by atoms with van der Waals surface area (Å²) < 4.78 is 2.18. The maximum atomic E-state index is 11.8. The van der Waals surface area contributed by atoms with Crippen molar-refractivity contribution in [2.24, 2.45) is 0 Å². The van der Waals surface area contributed by atoms with E-state index < -0.39 is 0 Å². The highest BCUT2D eigenvalue weighted by molar-refractivity contribution is 5.74. The first-order valence-electron chi connectivity index (χ1n) is 7.81. The number of aliphatic hydroxyl groups excluding tert-OH is 1. The van der Waals surface area contributed by atoms with E-state index in [1.165, 1.54) is 11.3 Å². The molecule has 0 radical (unpaired) electrons. The van der Waals surface area contributed by atoms with Crippen LogP contribution in [0.25, 0.3) is 0 Å². The molecule has 1 aliphatic heterocycles. The zero-order valence-corrected chi connectivity index (χ0v) is 12.8. The number of fused-ring (bicyclic) bond motifs is 1. The molecule has 1 aliphatic carbocycles. The van der Waals surface area contributed by atoms with Gasteiger partial charge in [-0.1, -0.05) is 0 Å². The van der Waals surface area contributed by atoms with E-state index in [9.17, 15) is 9.90 Å². The number of rotatable bonds is 1. The second kappa shape index (κ2) is 5.67. The predicted octanol–water partition coefficient (Wildman–Crippen LogP) is 1.37. The Hall–Kier alpha value is -1.56. The Morgan fingerprint density at radius 2 is 2.05 bits per heavy atom. The third-order valence-electron chi connectivity index (χ3n) is 4.80. The van der Waals surface area contributed by atoms with Crippen molar-refractivity contribution in [2.45, 2.75) is 57.7 Å². The largest absolute Gasteiger partial charge is 0.393 e. The van der Waals surface area contributed by atoms with Crippen LogP contribution in [-0.2, 0) is 13.0 Å². The molecule has 2 aliphatic rings. The van der Waals surface area contributed by atoms with Gasteiger partial charge >= 0.3 is 6.03 Å². The van der Waals surface area contributed by atoms with Crippen LogP contribution in [0, 0.1) is 6.92 Å². The summed E-state index contributed by atoms with van der Waals surface area (Å²) in [5.41, 5.74) is 3.52. The van der Waals surface area contributed by atoms with E-state index in [4.69, 9.17) is 5.10 Å². The number of nitrogens with one attached hydrogen (secondary N) is 1. The van der Waals surface area contributed by atoms with Gasteiger partial charge in [-0.3, -0.25) is 4.68 Å². The van der Waals surface area contributed by atoms with Crippen LogP contribution in [-0.4, -0.2) is 45.5 Å². The van der Waals surface area contributed by atoms with E-state index in [0.717, 1.165) is 44.3 Å². The number of urea groups is 1. The first kappa shape index (κ1) is 14.4. The summed E-state index contributed by atoms with van der Waals surface area (Å²) in [5, 5.41) is 17.1. The van der Waals surface area contributed by atoms with Crippen LogP contribution in [0.1, 0.15) is 48.7 Å². The number of aliphatic hydroxyl groups is 1. The lowest BCUT2D eigenvalue weighted by Gasteiger charge is -2.30. The van der Waals surface area contributed by atoms with Crippen molar-refractivity contribution < 1.29 is 9.90 Å². The number of aryl methyl sites for hydroxylation is 1. The van der Waals surface area contributed by atoms with Crippen molar-refractivity contribution in [1.82, 2.24) is 20.0 Å². The van der Waals surface area contributed by atoms with Gasteiger partial charge in [0.1, 0.15) is 0 Å². The number of hydrogen-bond donors (Lipinski definition) is 2. The van der Waals surface area contributed by atoms with Crippen molar-refractivity contribution >= 4 is 6.03 Å². The molecule has 1 saturated carbocycles. The van der Waals surface area contributed by atoms with Crippen molar-refractivity contribution in [3.63, 3.8) is 0 Å². The van der Waals surface area contributed by atoms with Gasteiger partial charge in [0.2, 0.25) is 0 Å². The second-order valence-corrected chi connectivity index (χ2v) is 6.14. The Balaban J connectivity index is 1.82. The Morgan fingerprint density at radius 3 is 2.71 bits per heavy atom. The molecular weight excluding hydrogens is 268 g/mol. The summed E-state index contributed by atoms with van der Waals surface area (Å²) in [4.78, 5) is 13.6. The van der Waals surface area contributed by atoms with Crippen LogP contribution in [0.5, 0.6) is 0 Å². The molecule has 0 aromatic carbocycles. The number of nitrogens with zero attached hydrogens (tertiary/aromatic N) is 3. The number of carbonyl (C=O) groups is 1. The molecule has 21 heavy (non-hydrogen) atoms. The first-order chi connectivity index (χ1) is 10.1. The Kier molecular flexibility index (Phi) is 3.89. The first-order valence-corrected chi connectivity index (χ1v) is 7.81. The van der Waals surface area contributed by atoms with Crippen LogP contribution in [0.4, 0.5) is 4.79 Å². The zero-order chi connectivity index (χ0) is 15.0. The van der Waals surface area contributed by atoms with Crippen molar-refractivity contribution in [3.05, 3.63) is 17.0 Å². The fourth-order valence-electron chi connectivity index (χ4n) is 3.55. The number of amides is 2. The third-order valence-corrected chi connectivity index (χ3v) is 4.80. The van der Waals surface area contributed by atoms with Gasteiger partial charge in [-0.15, -0.1) is 0 Å². The van der Waals surface area contributed by atoms with Crippen LogP contribution < -0.4 is 5.32 Å². The zero-order valence-electron chi connectivity index (χ0n) is 12.8. The molecule has 0 unspecified atom stereocenters. The minimum Gasteiger partial charge on any atom is -0.393 e. The molecule has 2 N–H and O–H groups in total. The predicted molar refractivity (Wildman–Crippen MR) is 79.0 cm³/mol. The SMILES string of the molecule is CNC(=O)N1CCc2c(c(C)nn2C2CCC(O)CC2)C1. The maximum absolute atomic E-state index is 11.8. The standard InChI is InChI=1S/C15H24N4O2/c1-10-13-9-18(15(21)16-2)8-7-14(13)19(17-10)11-3-5-12(20)6-4-11/h11-12,20H,3-9H2,1-2H3,(H,16,21). The quantitative estimate of drug-likeness (QED) is 0.821. The van der Waals surface area contributed by atoms with E-state index in [1.807, 2.05) is 11.8 Å². The van der Waals surface area contributed by atoms with Crippen molar-refractivity contribution in [2.75, 3.05) is 13.6 Å². The lowest BCUT2D eigenvalue weighted by molar-refractivity contribution is 0.106. The van der Waals surface area contributed by atoms with Crippen molar-refractivity contribution in [3.8, 4) is 0 Å². The molecule has 1 fully saturated rings. The lowest BCUT2D eigenvalue weighted by Crippen LogP contribution is -2.41. The number of hydrogen-bond acceptors (Lipinski definition) is 3. The molecule has 0 bridgehead atoms. The highest BCUT2D eigenvalue weighted by Gasteiger charge is 2.29. The van der Waals surface area contributed by atoms with Gasteiger partial charge in [-0.2, -0.15) is 5.10 Å². The molecule has 3 rings (SSSR count). The molecule has 1 aromatic heterocycles. The average Bonchev–Trinajstić information content (AvgIpc) is 2.84. The van der Waals surface area contributed by atoms with Gasteiger partial charge in [0.15, 0.2) is 0 Å². The summed E-state index contributed by atoms with van der Waals surface area (Å²) in [7, 11) is 1.67. The Bertz CT molecular complexity index is 532. The van der Waals surface area contributed by atoms with Gasteiger partial charge < -0.3 is 15.3 Å². The minimum atomic E-state index is -0.141. The maximum Gasteiger partial charge on any atom is 0.317 e. The van der Waals surface area contributed by atoms with Gasteiger partial charge in [-0.25, -0.2) is 4.79 Å². The van der Waals surface area contributed by atoms with E-state index in [0.29, 0.717) is 12.6 Å². The molecule has 1 aromatic rings. The Labute approximate surface area is 125 Å². The fraction of sp³-hybridized carbons (Fsp3) is 0.733. The normalized spacial score (nSPS) is 25.6. The molecule has 116 valence electrons. The van der Waals surface area contributed by atoms with E-state index in [2.05, 4.69) is 10.00 Å². The molecule has 0 saturated heterocycles. The summed E-state index contributed by atoms with van der Waals surface area (Å²) in [6.45, 7) is 3.42. The molecule has 6 heteroatoms. The summed E-state index contributed by atoms with van der Waals surface area (Å²) >= 11 is 0. The highest BCUT2D eigenvalue weighted by Crippen LogP contribution is 2.32. The molecular formula is C15H24N4O2. The third kappa shape index (κ3) is 2.64. The molecule has 6 nitrogen and oxygen atoms in total. The molecule has 2 heterocycles. The number of carbonyl (C=O) groups excluding carboxylic acids is 1. The molecule has 0 spiro atoms. The average molecular weight is 292 g/mol. The smallest absolute Gasteiger partial charge is 0.317 e. The minimum absolute atomic E-state index is 0.0198. The lowest BCUT2D eigenvalue weighted by atomic mass is 9.92. The van der Waals surface area contributed by atoms with E-state index >= 15 is 0 Å². The highest BCUT2D eigenvalue weighted by atomic mass is 16.3. The Morgan fingerprint density at radius 1 is 1.33 bits per heavy atom. The molecule has 0 atom stereocenters. The molecule has 2 amide bonds. The van der Waals surface area contributed by atoms with E-state index in [1.54, 1.807) is 7.05 Å². The monoisotopic (exact) mass is 292 g/mol. The summed E-state index contributed by atoms with van der Waals surface area (Å²) in [6, 6.07) is 0.385. The number of aromatic nitrogens is 2. The van der Waals surface area contributed by atoms with Crippen LogP contribution in [0.2, 0.25) is 0 Å². The van der Waals surface area contributed by atoms with Crippen LogP contribution >= 0.6 is 0 Å². The summed E-state index contributed by atoms with van der Waals surface area (Å²) in [5.74, 6) is 0.